The first kappa shape index (κ1) is 12.4. The van der Waals surface area contributed by atoms with Crippen molar-refractivity contribution in [1.82, 2.24) is 0 Å². The average Bonchev–Trinajstić information content (AvgIpc) is 2.23. The van der Waals surface area contributed by atoms with Gasteiger partial charge in [0.2, 0.25) is 0 Å². The Morgan fingerprint density at radius 1 is 1.00 bits per heavy atom. The lowest BCUT2D eigenvalue weighted by atomic mass is 10.0. The van der Waals surface area contributed by atoms with E-state index < -0.39 is 17.5 Å². The fraction of sp³-hybridized carbons (Fsp3) is 0.455. The quantitative estimate of drug-likeness (QED) is 0.716. The highest BCUT2D eigenvalue weighted by molar-refractivity contribution is 7.97. The van der Waals surface area contributed by atoms with Crippen LogP contribution in [0.1, 0.15) is 23.6 Å². The molecule has 0 spiro atoms. The zero-order valence-electron chi connectivity index (χ0n) is 8.96. The van der Waals surface area contributed by atoms with Crippen molar-refractivity contribution in [2.24, 2.45) is 0 Å². The normalized spacial score (nSPS) is 10.8. The molecular weight excluding hydrogens is 221 g/mol. The lowest BCUT2D eigenvalue weighted by molar-refractivity contribution is 0.472. The Kier molecular flexibility index (Phi) is 4.08. The molecule has 1 aromatic rings. The van der Waals surface area contributed by atoms with Crippen LogP contribution in [-0.4, -0.2) is 6.26 Å². The standard InChI is InChI=1S/C11H13F3S/c1-4-7-9(12)6(2)8(5-15-3)11(14)10(7)13/h4-5H2,1-3H3. The van der Waals surface area contributed by atoms with E-state index >= 15 is 0 Å². The van der Waals surface area contributed by atoms with Crippen molar-refractivity contribution in [2.75, 3.05) is 6.26 Å². The zero-order valence-corrected chi connectivity index (χ0v) is 9.77. The summed E-state index contributed by atoms with van der Waals surface area (Å²) in [5.74, 6) is -2.26. The van der Waals surface area contributed by atoms with Gasteiger partial charge < -0.3 is 0 Å². The van der Waals surface area contributed by atoms with Gasteiger partial charge in [0.15, 0.2) is 11.6 Å². The third-order valence-corrected chi connectivity index (χ3v) is 2.99. The number of benzene rings is 1. The molecule has 0 saturated heterocycles. The molecule has 4 heteroatoms. The van der Waals surface area contributed by atoms with Crippen molar-refractivity contribution in [2.45, 2.75) is 26.0 Å². The van der Waals surface area contributed by atoms with Gasteiger partial charge >= 0.3 is 0 Å². The monoisotopic (exact) mass is 234 g/mol. The molecule has 0 aliphatic heterocycles. The molecule has 0 aromatic heterocycles. The molecule has 0 unspecified atom stereocenters. The molecule has 0 heterocycles. The number of thioether (sulfide) groups is 1. The maximum absolute atomic E-state index is 13.6. The molecule has 0 saturated carbocycles. The van der Waals surface area contributed by atoms with Crippen LogP contribution in [0, 0.1) is 24.4 Å². The van der Waals surface area contributed by atoms with Gasteiger partial charge in [-0.25, -0.2) is 13.2 Å². The van der Waals surface area contributed by atoms with Gasteiger partial charge in [-0.05, 0) is 25.2 Å². The van der Waals surface area contributed by atoms with Crippen molar-refractivity contribution < 1.29 is 13.2 Å². The molecule has 1 aromatic carbocycles. The lowest BCUT2D eigenvalue weighted by Crippen LogP contribution is -2.06. The molecule has 0 aliphatic rings. The Balaban J connectivity index is 3.44. The minimum Gasteiger partial charge on any atom is -0.206 e. The summed E-state index contributed by atoms with van der Waals surface area (Å²) >= 11 is 1.34. The van der Waals surface area contributed by atoms with Crippen LogP contribution in [0.5, 0.6) is 0 Å². The summed E-state index contributed by atoms with van der Waals surface area (Å²) in [4.78, 5) is 0. The minimum atomic E-state index is -1.04. The van der Waals surface area contributed by atoms with E-state index in [2.05, 4.69) is 0 Å². The average molecular weight is 234 g/mol. The van der Waals surface area contributed by atoms with Gasteiger partial charge in [-0.1, -0.05) is 6.92 Å². The molecule has 0 nitrogen and oxygen atoms in total. The van der Waals surface area contributed by atoms with Crippen LogP contribution in [0.4, 0.5) is 13.2 Å². The SMILES string of the molecule is CCc1c(F)c(C)c(CSC)c(F)c1F. The topological polar surface area (TPSA) is 0 Å². The van der Waals surface area contributed by atoms with E-state index in [0.717, 1.165) is 0 Å². The molecule has 15 heavy (non-hydrogen) atoms. The van der Waals surface area contributed by atoms with Crippen LogP contribution < -0.4 is 0 Å². The molecule has 0 atom stereocenters. The number of hydrogen-bond donors (Lipinski definition) is 0. The Labute approximate surface area is 91.9 Å². The van der Waals surface area contributed by atoms with E-state index in [4.69, 9.17) is 0 Å². The largest absolute Gasteiger partial charge is 0.206 e. The van der Waals surface area contributed by atoms with E-state index in [1.54, 1.807) is 13.2 Å². The summed E-state index contributed by atoms with van der Waals surface area (Å²) in [6, 6.07) is 0. The maximum atomic E-state index is 13.6. The summed E-state index contributed by atoms with van der Waals surface area (Å²) in [5.41, 5.74) is 0.199. The van der Waals surface area contributed by atoms with Crippen molar-refractivity contribution in [1.29, 1.82) is 0 Å². The van der Waals surface area contributed by atoms with Gasteiger partial charge in [0.1, 0.15) is 5.82 Å². The van der Waals surface area contributed by atoms with Crippen LogP contribution in [0.25, 0.3) is 0 Å². The Bertz CT molecular complexity index is 346. The number of hydrogen-bond acceptors (Lipinski definition) is 1. The fourth-order valence-electron chi connectivity index (χ4n) is 1.51. The first-order chi connectivity index (χ1) is 7.04. The zero-order chi connectivity index (χ0) is 11.6. The second-order valence-electron chi connectivity index (χ2n) is 3.31. The maximum Gasteiger partial charge on any atom is 0.165 e. The summed E-state index contributed by atoms with van der Waals surface area (Å²) < 4.78 is 40.5. The summed E-state index contributed by atoms with van der Waals surface area (Å²) in [6.45, 7) is 3.09. The van der Waals surface area contributed by atoms with Gasteiger partial charge in [-0.15, -0.1) is 0 Å². The second-order valence-corrected chi connectivity index (χ2v) is 4.18. The van der Waals surface area contributed by atoms with E-state index in [-0.39, 0.29) is 28.9 Å². The molecule has 84 valence electrons. The first-order valence-electron chi connectivity index (χ1n) is 4.68. The van der Waals surface area contributed by atoms with E-state index in [0.29, 0.717) is 0 Å². The van der Waals surface area contributed by atoms with Gasteiger partial charge in [0, 0.05) is 16.9 Å². The summed E-state index contributed by atoms with van der Waals surface area (Å²) in [5, 5.41) is 0. The molecule has 0 fully saturated rings. The van der Waals surface area contributed by atoms with Crippen molar-refractivity contribution in [3.05, 3.63) is 34.1 Å². The van der Waals surface area contributed by atoms with E-state index in [1.807, 2.05) is 0 Å². The van der Waals surface area contributed by atoms with Crippen molar-refractivity contribution in [3.8, 4) is 0 Å². The highest BCUT2D eigenvalue weighted by atomic mass is 32.2. The van der Waals surface area contributed by atoms with Gasteiger partial charge in [0.25, 0.3) is 0 Å². The van der Waals surface area contributed by atoms with Crippen LogP contribution in [0.15, 0.2) is 0 Å². The second kappa shape index (κ2) is 4.92. The van der Waals surface area contributed by atoms with Gasteiger partial charge in [-0.3, -0.25) is 0 Å². The highest BCUT2D eigenvalue weighted by Crippen LogP contribution is 2.27. The molecule has 0 amide bonds. The third-order valence-electron chi connectivity index (χ3n) is 2.41. The minimum absolute atomic E-state index is 0.134. The lowest BCUT2D eigenvalue weighted by Gasteiger charge is -2.12. The van der Waals surface area contributed by atoms with Gasteiger partial charge in [-0.2, -0.15) is 11.8 Å². The predicted octanol–water partition coefficient (Wildman–Crippen LogP) is 3.84. The van der Waals surface area contributed by atoms with Crippen LogP contribution in [-0.2, 0) is 12.2 Å². The molecular formula is C11H13F3S. The molecule has 1 rings (SSSR count). The molecule has 0 bridgehead atoms. The van der Waals surface area contributed by atoms with Crippen molar-refractivity contribution in [3.63, 3.8) is 0 Å². The fourth-order valence-corrected chi connectivity index (χ4v) is 2.14. The third kappa shape index (κ3) is 2.14. The summed E-state index contributed by atoms with van der Waals surface area (Å²) in [6.07, 6.45) is 1.93. The summed E-state index contributed by atoms with van der Waals surface area (Å²) in [7, 11) is 0. The Morgan fingerprint density at radius 3 is 2.00 bits per heavy atom. The molecule has 0 aliphatic carbocycles. The van der Waals surface area contributed by atoms with Crippen LogP contribution in [0.3, 0.4) is 0 Å². The Morgan fingerprint density at radius 2 is 1.53 bits per heavy atom. The number of rotatable bonds is 3. The van der Waals surface area contributed by atoms with Crippen LogP contribution in [0.2, 0.25) is 0 Å². The van der Waals surface area contributed by atoms with E-state index in [1.165, 1.54) is 18.7 Å². The predicted molar refractivity (Wildman–Crippen MR) is 57.7 cm³/mol. The van der Waals surface area contributed by atoms with Crippen LogP contribution >= 0.6 is 11.8 Å². The van der Waals surface area contributed by atoms with E-state index in [9.17, 15) is 13.2 Å². The number of halogens is 3. The molecule has 0 N–H and O–H groups in total. The first-order valence-corrected chi connectivity index (χ1v) is 6.07. The smallest absolute Gasteiger partial charge is 0.165 e. The van der Waals surface area contributed by atoms with Gasteiger partial charge in [0.05, 0.1) is 0 Å². The molecule has 0 radical (unpaired) electrons. The highest BCUT2D eigenvalue weighted by Gasteiger charge is 2.20. The van der Waals surface area contributed by atoms with Crippen molar-refractivity contribution >= 4 is 11.8 Å². The Hall–Kier alpha value is -0.640.